The predicted octanol–water partition coefficient (Wildman–Crippen LogP) is 4.45. The van der Waals surface area contributed by atoms with E-state index in [9.17, 15) is 0 Å². The highest BCUT2D eigenvalue weighted by Crippen LogP contribution is 2.48. The van der Waals surface area contributed by atoms with Crippen LogP contribution in [0.15, 0.2) is 12.1 Å². The van der Waals surface area contributed by atoms with Crippen molar-refractivity contribution in [2.24, 2.45) is 5.41 Å². The fraction of sp³-hybridized carbons (Fsp3) is 0.647. The standard InChI is InChI=1S/C17H27N/c1-11-8-9-14(13(3)12(11)2)15-16(4,5)10-17(6,7)18-15/h8-9,15,18H,10H2,1-7H3. The molecular weight excluding hydrogens is 218 g/mol. The van der Waals surface area contributed by atoms with Crippen molar-refractivity contribution in [3.63, 3.8) is 0 Å². The normalized spacial score (nSPS) is 25.4. The molecule has 2 rings (SSSR count). The lowest BCUT2D eigenvalue weighted by Gasteiger charge is -2.29. The lowest BCUT2D eigenvalue weighted by atomic mass is 9.77. The molecule has 1 saturated heterocycles. The molecule has 1 heteroatoms. The summed E-state index contributed by atoms with van der Waals surface area (Å²) in [6.07, 6.45) is 1.22. The van der Waals surface area contributed by atoms with E-state index in [0.29, 0.717) is 11.5 Å². The third kappa shape index (κ3) is 2.21. The van der Waals surface area contributed by atoms with E-state index in [0.717, 1.165) is 0 Å². The van der Waals surface area contributed by atoms with E-state index in [2.05, 4.69) is 65.9 Å². The Morgan fingerprint density at radius 2 is 1.61 bits per heavy atom. The fourth-order valence-electron chi connectivity index (χ4n) is 3.67. The van der Waals surface area contributed by atoms with E-state index < -0.39 is 0 Å². The first-order valence-corrected chi connectivity index (χ1v) is 6.98. The Kier molecular flexibility index (Phi) is 3.09. The van der Waals surface area contributed by atoms with Gasteiger partial charge in [0.2, 0.25) is 0 Å². The van der Waals surface area contributed by atoms with Gasteiger partial charge in [0.15, 0.2) is 0 Å². The first-order valence-electron chi connectivity index (χ1n) is 6.98. The Bertz CT molecular complexity index is 469. The predicted molar refractivity (Wildman–Crippen MR) is 79.0 cm³/mol. The molecular formula is C17H27N. The maximum absolute atomic E-state index is 3.82. The fourth-order valence-corrected chi connectivity index (χ4v) is 3.67. The molecule has 0 bridgehead atoms. The van der Waals surface area contributed by atoms with Crippen LogP contribution in [-0.4, -0.2) is 5.54 Å². The first-order chi connectivity index (χ1) is 8.14. The van der Waals surface area contributed by atoms with Crippen molar-refractivity contribution in [1.82, 2.24) is 5.32 Å². The van der Waals surface area contributed by atoms with Gasteiger partial charge in [-0.15, -0.1) is 0 Å². The van der Waals surface area contributed by atoms with Crippen molar-refractivity contribution >= 4 is 0 Å². The average Bonchev–Trinajstić information content (AvgIpc) is 2.44. The van der Waals surface area contributed by atoms with E-state index in [-0.39, 0.29) is 5.54 Å². The molecule has 1 nitrogen and oxygen atoms in total. The van der Waals surface area contributed by atoms with E-state index in [4.69, 9.17) is 0 Å². The van der Waals surface area contributed by atoms with Crippen molar-refractivity contribution < 1.29 is 0 Å². The summed E-state index contributed by atoms with van der Waals surface area (Å²) in [6, 6.07) is 5.05. The summed E-state index contributed by atoms with van der Waals surface area (Å²) < 4.78 is 0. The van der Waals surface area contributed by atoms with Crippen LogP contribution in [0.2, 0.25) is 0 Å². The van der Waals surface area contributed by atoms with Gasteiger partial charge >= 0.3 is 0 Å². The second-order valence-corrected chi connectivity index (χ2v) is 7.35. The van der Waals surface area contributed by atoms with Crippen molar-refractivity contribution in [3.05, 3.63) is 34.4 Å². The van der Waals surface area contributed by atoms with Gasteiger partial charge in [-0.25, -0.2) is 0 Å². The van der Waals surface area contributed by atoms with Crippen LogP contribution in [0.5, 0.6) is 0 Å². The molecule has 0 aliphatic carbocycles. The van der Waals surface area contributed by atoms with Gasteiger partial charge in [0.1, 0.15) is 0 Å². The molecule has 1 aliphatic rings. The molecule has 1 unspecified atom stereocenters. The van der Waals surface area contributed by atoms with Gasteiger partial charge in [0.05, 0.1) is 0 Å². The van der Waals surface area contributed by atoms with Gasteiger partial charge in [-0.2, -0.15) is 0 Å². The Hall–Kier alpha value is -0.820. The number of benzene rings is 1. The van der Waals surface area contributed by atoms with Crippen molar-refractivity contribution in [2.45, 2.75) is 66.5 Å². The van der Waals surface area contributed by atoms with Gasteiger partial charge in [0, 0.05) is 11.6 Å². The summed E-state index contributed by atoms with van der Waals surface area (Å²) in [5, 5.41) is 3.82. The van der Waals surface area contributed by atoms with E-state index >= 15 is 0 Å². The summed E-state index contributed by atoms with van der Waals surface area (Å²) in [6.45, 7) is 16.1. The summed E-state index contributed by atoms with van der Waals surface area (Å²) in [4.78, 5) is 0. The van der Waals surface area contributed by atoms with E-state index in [1.54, 1.807) is 0 Å². The van der Waals surface area contributed by atoms with Crippen LogP contribution in [0.3, 0.4) is 0 Å². The average molecular weight is 245 g/mol. The molecule has 18 heavy (non-hydrogen) atoms. The number of rotatable bonds is 1. The number of hydrogen-bond acceptors (Lipinski definition) is 1. The van der Waals surface area contributed by atoms with Crippen LogP contribution in [0.25, 0.3) is 0 Å². The Morgan fingerprint density at radius 1 is 1.00 bits per heavy atom. The third-order valence-corrected chi connectivity index (χ3v) is 4.63. The second-order valence-electron chi connectivity index (χ2n) is 7.35. The number of hydrogen-bond donors (Lipinski definition) is 1. The summed E-state index contributed by atoms with van der Waals surface area (Å²) in [5.41, 5.74) is 6.32. The SMILES string of the molecule is Cc1ccc(C2NC(C)(C)CC2(C)C)c(C)c1C. The Morgan fingerprint density at radius 3 is 2.11 bits per heavy atom. The smallest absolute Gasteiger partial charge is 0.0379 e. The quantitative estimate of drug-likeness (QED) is 0.770. The monoisotopic (exact) mass is 245 g/mol. The van der Waals surface area contributed by atoms with Gasteiger partial charge < -0.3 is 5.32 Å². The number of aryl methyl sites for hydroxylation is 1. The molecule has 0 saturated carbocycles. The zero-order valence-electron chi connectivity index (χ0n) is 12.9. The molecule has 1 aliphatic heterocycles. The van der Waals surface area contributed by atoms with Crippen molar-refractivity contribution in [2.75, 3.05) is 0 Å². The molecule has 1 atom stereocenters. The zero-order chi connectivity index (χ0) is 13.7. The summed E-state index contributed by atoms with van der Waals surface area (Å²) in [5.74, 6) is 0. The van der Waals surface area contributed by atoms with E-state index in [1.165, 1.54) is 28.7 Å². The maximum Gasteiger partial charge on any atom is 0.0379 e. The number of nitrogens with one attached hydrogen (secondary N) is 1. The van der Waals surface area contributed by atoms with Crippen LogP contribution in [0.1, 0.15) is 62.4 Å². The zero-order valence-corrected chi connectivity index (χ0v) is 12.9. The molecule has 0 radical (unpaired) electrons. The van der Waals surface area contributed by atoms with Crippen LogP contribution in [0, 0.1) is 26.2 Å². The van der Waals surface area contributed by atoms with Crippen molar-refractivity contribution in [3.8, 4) is 0 Å². The third-order valence-electron chi connectivity index (χ3n) is 4.63. The van der Waals surface area contributed by atoms with Crippen molar-refractivity contribution in [1.29, 1.82) is 0 Å². The topological polar surface area (TPSA) is 12.0 Å². The highest BCUT2D eigenvalue weighted by atomic mass is 15.1. The van der Waals surface area contributed by atoms with Gasteiger partial charge in [0.25, 0.3) is 0 Å². The Labute approximate surface area is 112 Å². The lowest BCUT2D eigenvalue weighted by Crippen LogP contribution is -2.34. The van der Waals surface area contributed by atoms with Crippen LogP contribution in [-0.2, 0) is 0 Å². The molecule has 1 fully saturated rings. The van der Waals surface area contributed by atoms with Gasteiger partial charge in [-0.1, -0.05) is 26.0 Å². The minimum absolute atomic E-state index is 0.236. The molecule has 0 amide bonds. The molecule has 1 aromatic carbocycles. The summed E-state index contributed by atoms with van der Waals surface area (Å²) >= 11 is 0. The molecule has 1 aromatic rings. The largest absolute Gasteiger partial charge is 0.304 e. The molecule has 100 valence electrons. The Balaban J connectivity index is 2.47. The highest BCUT2D eigenvalue weighted by molar-refractivity contribution is 5.41. The highest BCUT2D eigenvalue weighted by Gasteiger charge is 2.45. The molecule has 1 N–H and O–H groups in total. The van der Waals surface area contributed by atoms with Crippen LogP contribution >= 0.6 is 0 Å². The lowest BCUT2D eigenvalue weighted by molar-refractivity contribution is 0.315. The molecule has 0 aromatic heterocycles. The maximum atomic E-state index is 3.82. The van der Waals surface area contributed by atoms with Gasteiger partial charge in [-0.05, 0) is 68.7 Å². The molecule has 1 heterocycles. The second kappa shape index (κ2) is 4.09. The minimum Gasteiger partial charge on any atom is -0.304 e. The van der Waals surface area contributed by atoms with E-state index in [1.807, 2.05) is 0 Å². The van der Waals surface area contributed by atoms with Gasteiger partial charge in [-0.3, -0.25) is 0 Å². The van der Waals surface area contributed by atoms with Crippen LogP contribution in [0.4, 0.5) is 0 Å². The minimum atomic E-state index is 0.236. The molecule has 0 spiro atoms. The van der Waals surface area contributed by atoms with Crippen LogP contribution < -0.4 is 5.32 Å². The first kappa shape index (κ1) is 13.6. The summed E-state index contributed by atoms with van der Waals surface area (Å²) in [7, 11) is 0.